The SMILES string of the molecule is COc1ccc(-c2cc(-c3cccc(C(F)(F)F)c3)c(C#N)c(=O)[nH]2)cc1OC. The highest BCUT2D eigenvalue weighted by molar-refractivity contribution is 5.76. The van der Waals surface area contributed by atoms with Gasteiger partial charge in [-0.1, -0.05) is 12.1 Å². The molecule has 0 bridgehead atoms. The number of aromatic amines is 1. The maximum Gasteiger partial charge on any atom is 0.416 e. The molecule has 1 heterocycles. The summed E-state index contributed by atoms with van der Waals surface area (Å²) in [7, 11) is 2.93. The van der Waals surface area contributed by atoms with Crippen molar-refractivity contribution in [3.8, 4) is 40.0 Å². The molecule has 0 radical (unpaired) electrons. The minimum Gasteiger partial charge on any atom is -0.493 e. The van der Waals surface area contributed by atoms with Crippen LogP contribution < -0.4 is 15.0 Å². The molecule has 0 fully saturated rings. The lowest BCUT2D eigenvalue weighted by atomic mass is 9.97. The van der Waals surface area contributed by atoms with Gasteiger partial charge in [0.15, 0.2) is 11.5 Å². The Hall–Kier alpha value is -3.73. The molecule has 3 aromatic rings. The Morgan fingerprint density at radius 2 is 1.69 bits per heavy atom. The van der Waals surface area contributed by atoms with Crippen molar-refractivity contribution in [1.82, 2.24) is 4.98 Å². The second-order valence-corrected chi connectivity index (χ2v) is 6.06. The molecule has 0 aliphatic carbocycles. The van der Waals surface area contributed by atoms with Gasteiger partial charge >= 0.3 is 6.18 Å². The van der Waals surface area contributed by atoms with Gasteiger partial charge in [-0.05, 0) is 42.0 Å². The Balaban J connectivity index is 2.22. The average Bonchev–Trinajstić information content (AvgIpc) is 2.72. The minimum atomic E-state index is -4.55. The quantitative estimate of drug-likeness (QED) is 0.694. The number of ether oxygens (including phenoxy) is 2. The van der Waals surface area contributed by atoms with Gasteiger partial charge in [-0.25, -0.2) is 0 Å². The van der Waals surface area contributed by atoms with E-state index in [9.17, 15) is 23.2 Å². The molecule has 1 N–H and O–H groups in total. The Morgan fingerprint density at radius 3 is 2.31 bits per heavy atom. The highest BCUT2D eigenvalue weighted by Crippen LogP contribution is 2.35. The van der Waals surface area contributed by atoms with Crippen LogP contribution in [0.2, 0.25) is 0 Å². The normalized spacial score (nSPS) is 11.0. The number of H-pyrrole nitrogens is 1. The first-order valence-electron chi connectivity index (χ1n) is 8.36. The van der Waals surface area contributed by atoms with Crippen LogP contribution in [0.15, 0.2) is 53.3 Å². The van der Waals surface area contributed by atoms with Crippen LogP contribution in [0.1, 0.15) is 11.1 Å². The summed E-state index contributed by atoms with van der Waals surface area (Å²) >= 11 is 0. The summed E-state index contributed by atoms with van der Waals surface area (Å²) in [6.07, 6.45) is -4.55. The van der Waals surface area contributed by atoms with Gasteiger partial charge in [0.05, 0.1) is 19.8 Å². The minimum absolute atomic E-state index is 0.104. The lowest BCUT2D eigenvalue weighted by Gasteiger charge is -2.12. The van der Waals surface area contributed by atoms with E-state index in [1.807, 2.05) is 0 Å². The number of hydrogen-bond acceptors (Lipinski definition) is 4. The number of nitrogens with zero attached hydrogens (tertiary/aromatic N) is 1. The lowest BCUT2D eigenvalue weighted by Crippen LogP contribution is -2.13. The topological polar surface area (TPSA) is 75.1 Å². The van der Waals surface area contributed by atoms with E-state index in [-0.39, 0.29) is 16.7 Å². The summed E-state index contributed by atoms with van der Waals surface area (Å²) in [6.45, 7) is 0. The first-order valence-corrected chi connectivity index (χ1v) is 8.36. The third-order valence-electron chi connectivity index (χ3n) is 4.34. The first-order chi connectivity index (χ1) is 13.8. The molecule has 0 spiro atoms. The van der Waals surface area contributed by atoms with Crippen LogP contribution in [0.5, 0.6) is 11.5 Å². The summed E-state index contributed by atoms with van der Waals surface area (Å²) in [4.78, 5) is 15.0. The van der Waals surface area contributed by atoms with Crippen molar-refractivity contribution in [2.45, 2.75) is 6.18 Å². The predicted molar refractivity (Wildman–Crippen MR) is 101 cm³/mol. The highest BCUT2D eigenvalue weighted by atomic mass is 19.4. The molecule has 8 heteroatoms. The van der Waals surface area contributed by atoms with Crippen LogP contribution in [0.25, 0.3) is 22.4 Å². The molecule has 5 nitrogen and oxygen atoms in total. The van der Waals surface area contributed by atoms with E-state index in [0.717, 1.165) is 12.1 Å². The van der Waals surface area contributed by atoms with Crippen LogP contribution in [0.4, 0.5) is 13.2 Å². The largest absolute Gasteiger partial charge is 0.493 e. The molecule has 0 aliphatic rings. The fraction of sp³-hybridized carbons (Fsp3) is 0.143. The van der Waals surface area contributed by atoms with Gasteiger partial charge in [0.1, 0.15) is 11.6 Å². The van der Waals surface area contributed by atoms with Crippen LogP contribution >= 0.6 is 0 Å². The van der Waals surface area contributed by atoms with Crippen molar-refractivity contribution in [3.63, 3.8) is 0 Å². The number of halogens is 3. The number of aromatic nitrogens is 1. The Kier molecular flexibility index (Phi) is 5.33. The van der Waals surface area contributed by atoms with Crippen molar-refractivity contribution in [2.75, 3.05) is 14.2 Å². The summed E-state index contributed by atoms with van der Waals surface area (Å²) in [5.41, 5.74) is -0.760. The number of nitriles is 1. The predicted octanol–water partition coefficient (Wildman–Crippen LogP) is 4.62. The molecule has 148 valence electrons. The summed E-state index contributed by atoms with van der Waals surface area (Å²) in [6, 6.07) is 12.6. The molecular weight excluding hydrogens is 385 g/mol. The summed E-state index contributed by atoms with van der Waals surface area (Å²) in [5.74, 6) is 0.890. The van der Waals surface area contributed by atoms with Gasteiger partial charge in [0.2, 0.25) is 0 Å². The molecule has 0 unspecified atom stereocenters. The third-order valence-corrected chi connectivity index (χ3v) is 4.34. The van der Waals surface area contributed by atoms with E-state index in [4.69, 9.17) is 9.47 Å². The molecule has 1 aromatic heterocycles. The van der Waals surface area contributed by atoms with E-state index < -0.39 is 17.3 Å². The Labute approximate surface area is 164 Å². The average molecular weight is 400 g/mol. The van der Waals surface area contributed by atoms with Crippen molar-refractivity contribution >= 4 is 0 Å². The molecule has 3 rings (SSSR count). The van der Waals surface area contributed by atoms with Crippen molar-refractivity contribution in [3.05, 3.63) is 70.0 Å². The lowest BCUT2D eigenvalue weighted by molar-refractivity contribution is -0.137. The number of methoxy groups -OCH3 is 2. The Morgan fingerprint density at radius 1 is 0.966 bits per heavy atom. The molecule has 0 amide bonds. The number of benzene rings is 2. The van der Waals surface area contributed by atoms with Gasteiger partial charge in [0.25, 0.3) is 5.56 Å². The van der Waals surface area contributed by atoms with E-state index in [0.29, 0.717) is 22.8 Å². The molecule has 0 atom stereocenters. The monoisotopic (exact) mass is 400 g/mol. The third kappa shape index (κ3) is 3.94. The van der Waals surface area contributed by atoms with Crippen molar-refractivity contribution in [2.24, 2.45) is 0 Å². The first kappa shape index (κ1) is 20.0. The van der Waals surface area contributed by atoms with Crippen LogP contribution in [-0.2, 0) is 6.18 Å². The maximum absolute atomic E-state index is 13.1. The standard InChI is InChI=1S/C21H15F3N2O3/c1-28-18-7-6-13(9-19(18)29-2)17-10-15(16(11-25)20(27)26-17)12-4-3-5-14(8-12)21(22,23)24/h3-10H,1-2H3,(H,26,27). The molecule has 0 saturated carbocycles. The van der Waals surface area contributed by atoms with E-state index in [2.05, 4.69) is 4.98 Å². The van der Waals surface area contributed by atoms with Gasteiger partial charge < -0.3 is 14.5 Å². The molecule has 2 aromatic carbocycles. The molecule has 29 heavy (non-hydrogen) atoms. The zero-order valence-electron chi connectivity index (χ0n) is 15.4. The van der Waals surface area contributed by atoms with Gasteiger partial charge in [-0.15, -0.1) is 0 Å². The fourth-order valence-electron chi connectivity index (χ4n) is 2.92. The zero-order chi connectivity index (χ0) is 21.2. The number of rotatable bonds is 4. The van der Waals surface area contributed by atoms with Gasteiger partial charge in [-0.2, -0.15) is 18.4 Å². The number of hydrogen-bond donors (Lipinski definition) is 1. The van der Waals surface area contributed by atoms with Crippen LogP contribution in [0, 0.1) is 11.3 Å². The summed E-state index contributed by atoms with van der Waals surface area (Å²) < 4.78 is 49.7. The number of alkyl halides is 3. The second kappa shape index (κ2) is 7.72. The van der Waals surface area contributed by atoms with Crippen LogP contribution in [0.3, 0.4) is 0 Å². The molecular formula is C21H15F3N2O3. The second-order valence-electron chi connectivity index (χ2n) is 6.06. The highest BCUT2D eigenvalue weighted by Gasteiger charge is 2.30. The Bertz CT molecular complexity index is 1160. The molecule has 0 aliphatic heterocycles. The fourth-order valence-corrected chi connectivity index (χ4v) is 2.92. The zero-order valence-corrected chi connectivity index (χ0v) is 15.4. The summed E-state index contributed by atoms with van der Waals surface area (Å²) in [5, 5.41) is 9.37. The van der Waals surface area contributed by atoms with Crippen LogP contribution in [-0.4, -0.2) is 19.2 Å². The number of nitrogens with one attached hydrogen (secondary N) is 1. The van der Waals surface area contributed by atoms with E-state index in [1.165, 1.54) is 32.4 Å². The van der Waals surface area contributed by atoms with Gasteiger partial charge in [-0.3, -0.25) is 4.79 Å². The van der Waals surface area contributed by atoms with Crippen molar-refractivity contribution in [1.29, 1.82) is 5.26 Å². The van der Waals surface area contributed by atoms with E-state index >= 15 is 0 Å². The van der Waals surface area contributed by atoms with Gasteiger partial charge in [0, 0.05) is 16.8 Å². The maximum atomic E-state index is 13.1. The van der Waals surface area contributed by atoms with Crippen molar-refractivity contribution < 1.29 is 22.6 Å². The number of pyridine rings is 1. The molecule has 0 saturated heterocycles. The van der Waals surface area contributed by atoms with E-state index in [1.54, 1.807) is 24.3 Å². The smallest absolute Gasteiger partial charge is 0.416 e.